The third-order valence-electron chi connectivity index (χ3n) is 6.59. The Hall–Kier alpha value is -3.53. The zero-order chi connectivity index (χ0) is 24.0. The molecule has 1 N–H and O–H groups in total. The number of carbonyl (C=O) groups excluding carboxylic acids is 1. The molecule has 2 aliphatic rings. The molecule has 0 saturated carbocycles. The standard InChI is InChI=1S/C25H31N7O3/c1-31-17-26-15-21(31)24-29-20(14-23(30-24)35-16-18-7-12-34-13-8-18)25(33)28-19-5-10-32(11-6-19)22-4-2-3-9-27-22/h2-4,9,14-15,17-19H,5-8,10-13,16H2,1H3,(H,28,33). The van der Waals surface area contributed by atoms with E-state index in [1.165, 1.54) is 0 Å². The highest BCUT2D eigenvalue weighted by molar-refractivity contribution is 5.93. The predicted octanol–water partition coefficient (Wildman–Crippen LogP) is 2.48. The van der Waals surface area contributed by atoms with Crippen molar-refractivity contribution < 1.29 is 14.3 Å². The van der Waals surface area contributed by atoms with Crippen molar-refractivity contribution in [2.75, 3.05) is 37.8 Å². The van der Waals surface area contributed by atoms with E-state index in [4.69, 9.17) is 9.47 Å². The molecule has 2 aliphatic heterocycles. The fraction of sp³-hybridized carbons (Fsp3) is 0.480. The Balaban J connectivity index is 1.27. The van der Waals surface area contributed by atoms with Crippen LogP contribution in [0.3, 0.4) is 0 Å². The molecule has 0 aromatic carbocycles. The number of rotatable bonds is 7. The summed E-state index contributed by atoms with van der Waals surface area (Å²) in [4.78, 5) is 33.2. The van der Waals surface area contributed by atoms with Crippen LogP contribution in [0, 0.1) is 5.92 Å². The molecule has 3 aromatic heterocycles. The van der Waals surface area contributed by atoms with Gasteiger partial charge in [-0.1, -0.05) is 6.07 Å². The second kappa shape index (κ2) is 10.8. The number of imidazole rings is 1. The van der Waals surface area contributed by atoms with Gasteiger partial charge in [0.1, 0.15) is 17.2 Å². The first-order valence-electron chi connectivity index (χ1n) is 12.2. The highest BCUT2D eigenvalue weighted by Gasteiger charge is 2.24. The van der Waals surface area contributed by atoms with Gasteiger partial charge in [-0.3, -0.25) is 4.79 Å². The summed E-state index contributed by atoms with van der Waals surface area (Å²) in [5.74, 6) is 1.99. The van der Waals surface area contributed by atoms with Crippen molar-refractivity contribution >= 4 is 11.7 Å². The van der Waals surface area contributed by atoms with Crippen LogP contribution in [-0.4, -0.2) is 69.4 Å². The highest BCUT2D eigenvalue weighted by Crippen LogP contribution is 2.22. The number of amides is 1. The van der Waals surface area contributed by atoms with Gasteiger partial charge < -0.3 is 24.3 Å². The number of aryl methyl sites for hydroxylation is 1. The maximum absolute atomic E-state index is 13.2. The molecule has 0 spiro atoms. The number of carbonyl (C=O) groups is 1. The zero-order valence-electron chi connectivity index (χ0n) is 20.0. The minimum absolute atomic E-state index is 0.0733. The quantitative estimate of drug-likeness (QED) is 0.553. The highest BCUT2D eigenvalue weighted by atomic mass is 16.5. The first kappa shape index (κ1) is 23.2. The Morgan fingerprint density at radius 2 is 2.00 bits per heavy atom. The van der Waals surface area contributed by atoms with Crippen molar-refractivity contribution in [1.29, 1.82) is 0 Å². The summed E-state index contributed by atoms with van der Waals surface area (Å²) in [5, 5.41) is 3.16. The van der Waals surface area contributed by atoms with Crippen molar-refractivity contribution in [1.82, 2.24) is 29.8 Å². The molecule has 5 rings (SSSR count). The van der Waals surface area contributed by atoms with Crippen LogP contribution >= 0.6 is 0 Å². The SMILES string of the molecule is Cn1cncc1-c1nc(OCC2CCOCC2)cc(C(=O)NC2CCN(c3ccccn3)CC2)n1. The average molecular weight is 478 g/mol. The summed E-state index contributed by atoms with van der Waals surface area (Å²) < 4.78 is 13.3. The number of hydrogen-bond acceptors (Lipinski definition) is 8. The number of hydrogen-bond donors (Lipinski definition) is 1. The van der Waals surface area contributed by atoms with Crippen LogP contribution in [-0.2, 0) is 11.8 Å². The lowest BCUT2D eigenvalue weighted by atomic mass is 10.0. The van der Waals surface area contributed by atoms with Gasteiger partial charge in [-0.2, -0.15) is 4.98 Å². The zero-order valence-corrected chi connectivity index (χ0v) is 20.0. The Labute approximate surface area is 204 Å². The maximum atomic E-state index is 13.2. The van der Waals surface area contributed by atoms with Gasteiger partial charge in [0.05, 0.1) is 19.1 Å². The van der Waals surface area contributed by atoms with Crippen molar-refractivity contribution in [2.45, 2.75) is 31.7 Å². The third-order valence-corrected chi connectivity index (χ3v) is 6.59. The van der Waals surface area contributed by atoms with E-state index in [0.29, 0.717) is 29.9 Å². The molecule has 0 bridgehead atoms. The predicted molar refractivity (Wildman–Crippen MR) is 130 cm³/mol. The van der Waals surface area contributed by atoms with E-state index in [-0.39, 0.29) is 11.9 Å². The average Bonchev–Trinajstić information content (AvgIpc) is 3.34. The summed E-state index contributed by atoms with van der Waals surface area (Å²) >= 11 is 0. The molecule has 2 fully saturated rings. The van der Waals surface area contributed by atoms with E-state index in [0.717, 1.165) is 63.5 Å². The smallest absolute Gasteiger partial charge is 0.270 e. The summed E-state index contributed by atoms with van der Waals surface area (Å²) in [6, 6.07) is 7.63. The molecule has 3 aromatic rings. The van der Waals surface area contributed by atoms with Gasteiger partial charge >= 0.3 is 0 Å². The van der Waals surface area contributed by atoms with Crippen LogP contribution in [0.2, 0.25) is 0 Å². The van der Waals surface area contributed by atoms with Crippen LogP contribution in [0.1, 0.15) is 36.2 Å². The van der Waals surface area contributed by atoms with E-state index >= 15 is 0 Å². The molecule has 10 nitrogen and oxygen atoms in total. The van der Waals surface area contributed by atoms with Gasteiger partial charge in [0, 0.05) is 51.7 Å². The van der Waals surface area contributed by atoms with Crippen LogP contribution in [0.15, 0.2) is 43.0 Å². The van der Waals surface area contributed by atoms with Crippen molar-refractivity contribution in [2.24, 2.45) is 13.0 Å². The van der Waals surface area contributed by atoms with Gasteiger partial charge in [-0.15, -0.1) is 0 Å². The monoisotopic (exact) mass is 477 g/mol. The van der Waals surface area contributed by atoms with E-state index in [9.17, 15) is 4.79 Å². The van der Waals surface area contributed by atoms with Crippen molar-refractivity contribution in [3.05, 3.63) is 48.7 Å². The van der Waals surface area contributed by atoms with E-state index in [1.54, 1.807) is 24.8 Å². The van der Waals surface area contributed by atoms with Crippen LogP contribution in [0.4, 0.5) is 5.82 Å². The van der Waals surface area contributed by atoms with Crippen LogP contribution in [0.5, 0.6) is 5.88 Å². The molecule has 35 heavy (non-hydrogen) atoms. The molecular formula is C25H31N7O3. The van der Waals surface area contributed by atoms with Crippen LogP contribution < -0.4 is 15.0 Å². The van der Waals surface area contributed by atoms with Gasteiger partial charge in [0.15, 0.2) is 5.82 Å². The lowest BCUT2D eigenvalue weighted by molar-refractivity contribution is 0.0490. The number of anilines is 1. The largest absolute Gasteiger partial charge is 0.477 e. The summed E-state index contributed by atoms with van der Waals surface area (Å²) in [6.07, 6.45) is 8.79. The van der Waals surface area contributed by atoms with Gasteiger partial charge in [-0.25, -0.2) is 15.0 Å². The molecule has 0 atom stereocenters. The Kier molecular flexibility index (Phi) is 7.17. The Bertz CT molecular complexity index is 1120. The van der Waals surface area contributed by atoms with E-state index < -0.39 is 0 Å². The van der Waals surface area contributed by atoms with Crippen LogP contribution in [0.25, 0.3) is 11.5 Å². The molecule has 5 heterocycles. The van der Waals surface area contributed by atoms with Gasteiger partial charge in [0.25, 0.3) is 5.91 Å². The number of nitrogens with one attached hydrogen (secondary N) is 1. The minimum atomic E-state index is -0.219. The number of nitrogens with zero attached hydrogens (tertiary/aromatic N) is 6. The minimum Gasteiger partial charge on any atom is -0.477 e. The van der Waals surface area contributed by atoms with Gasteiger partial charge in [-0.05, 0) is 43.7 Å². The molecule has 184 valence electrons. The fourth-order valence-electron chi connectivity index (χ4n) is 4.47. The molecular weight excluding hydrogens is 446 g/mol. The lowest BCUT2D eigenvalue weighted by Gasteiger charge is -2.33. The van der Waals surface area contributed by atoms with Crippen molar-refractivity contribution in [3.63, 3.8) is 0 Å². The summed E-state index contributed by atoms with van der Waals surface area (Å²) in [6.45, 7) is 3.73. The second-order valence-electron chi connectivity index (χ2n) is 9.09. The van der Waals surface area contributed by atoms with Gasteiger partial charge in [0.2, 0.25) is 5.88 Å². The molecule has 0 unspecified atom stereocenters. The maximum Gasteiger partial charge on any atom is 0.270 e. The topological polar surface area (TPSA) is 107 Å². The molecule has 0 radical (unpaired) electrons. The van der Waals surface area contributed by atoms with E-state index in [2.05, 4.69) is 30.2 Å². The normalized spacial score (nSPS) is 17.3. The van der Waals surface area contributed by atoms with E-state index in [1.807, 2.05) is 29.8 Å². The number of piperidine rings is 1. The molecule has 0 aliphatic carbocycles. The molecule has 1 amide bonds. The second-order valence-corrected chi connectivity index (χ2v) is 9.09. The number of aromatic nitrogens is 5. The lowest BCUT2D eigenvalue weighted by Crippen LogP contribution is -2.45. The third kappa shape index (κ3) is 5.76. The summed E-state index contributed by atoms with van der Waals surface area (Å²) in [5.41, 5.74) is 1.02. The number of pyridine rings is 1. The Morgan fingerprint density at radius 1 is 1.17 bits per heavy atom. The first-order chi connectivity index (χ1) is 17.2. The molecule has 2 saturated heterocycles. The van der Waals surface area contributed by atoms with Crippen molar-refractivity contribution in [3.8, 4) is 17.4 Å². The Morgan fingerprint density at radius 3 is 2.71 bits per heavy atom. The first-order valence-corrected chi connectivity index (χ1v) is 12.2. The fourth-order valence-corrected chi connectivity index (χ4v) is 4.47. The summed E-state index contributed by atoms with van der Waals surface area (Å²) in [7, 11) is 1.87. The number of ether oxygens (including phenoxy) is 2. The molecule has 10 heteroatoms.